The summed E-state index contributed by atoms with van der Waals surface area (Å²) in [5.41, 5.74) is 2.02. The van der Waals surface area contributed by atoms with Gasteiger partial charge in [0.2, 0.25) is 0 Å². The van der Waals surface area contributed by atoms with Gasteiger partial charge in [-0.3, -0.25) is 0 Å². The molecule has 0 saturated heterocycles. The summed E-state index contributed by atoms with van der Waals surface area (Å²) in [4.78, 5) is 0. The highest BCUT2D eigenvalue weighted by atomic mass is 16.5. The molecule has 2 rings (SSSR count). The van der Waals surface area contributed by atoms with Gasteiger partial charge in [0.05, 0.1) is 6.26 Å². The molecule has 2 nitrogen and oxygen atoms in total. The third kappa shape index (κ3) is 1.05. The summed E-state index contributed by atoms with van der Waals surface area (Å²) < 4.78 is 5.29. The largest absolute Gasteiger partial charge is 0.508 e. The molecule has 1 aromatic carbocycles. The molecule has 1 N–H and O–H groups in total. The van der Waals surface area contributed by atoms with Crippen LogP contribution in [-0.2, 0) is 6.42 Å². The first-order valence-electron chi connectivity index (χ1n) is 3.90. The molecule has 0 radical (unpaired) electrons. The second-order valence-electron chi connectivity index (χ2n) is 3.01. The SMILES string of the molecule is CC1=COc2cccc(O)c2C1. The minimum absolute atomic E-state index is 0.319. The average molecular weight is 162 g/mol. The van der Waals surface area contributed by atoms with Crippen molar-refractivity contribution in [3.63, 3.8) is 0 Å². The lowest BCUT2D eigenvalue weighted by Gasteiger charge is -2.15. The van der Waals surface area contributed by atoms with E-state index in [0.29, 0.717) is 5.75 Å². The predicted molar refractivity (Wildman–Crippen MR) is 46.2 cm³/mol. The normalized spacial score (nSPS) is 14.6. The van der Waals surface area contributed by atoms with Gasteiger partial charge in [0.25, 0.3) is 0 Å². The van der Waals surface area contributed by atoms with Gasteiger partial charge in [0.15, 0.2) is 0 Å². The molecular weight excluding hydrogens is 152 g/mol. The van der Waals surface area contributed by atoms with Gasteiger partial charge in [-0.05, 0) is 24.6 Å². The second-order valence-corrected chi connectivity index (χ2v) is 3.01. The maximum atomic E-state index is 9.47. The standard InChI is InChI=1S/C10H10O2/c1-7-5-8-9(11)3-2-4-10(8)12-6-7/h2-4,6,11H,5H2,1H3. The third-order valence-corrected chi connectivity index (χ3v) is 1.95. The molecule has 0 fully saturated rings. The Hall–Kier alpha value is -1.44. The van der Waals surface area contributed by atoms with Crippen LogP contribution in [0.3, 0.4) is 0 Å². The summed E-state index contributed by atoms with van der Waals surface area (Å²) in [6.07, 6.45) is 2.50. The molecule has 0 unspecified atom stereocenters. The number of allylic oxidation sites excluding steroid dienone is 1. The van der Waals surface area contributed by atoms with Crippen LogP contribution in [0.2, 0.25) is 0 Å². The minimum atomic E-state index is 0.319. The molecule has 1 aromatic rings. The molecule has 12 heavy (non-hydrogen) atoms. The van der Waals surface area contributed by atoms with Gasteiger partial charge in [-0.1, -0.05) is 6.07 Å². The summed E-state index contributed by atoms with van der Waals surface area (Å²) in [5.74, 6) is 1.08. The van der Waals surface area contributed by atoms with Gasteiger partial charge < -0.3 is 9.84 Å². The van der Waals surface area contributed by atoms with Crippen LogP contribution in [0, 0.1) is 0 Å². The van der Waals surface area contributed by atoms with Gasteiger partial charge >= 0.3 is 0 Å². The van der Waals surface area contributed by atoms with Crippen LogP contribution in [0.5, 0.6) is 11.5 Å². The van der Waals surface area contributed by atoms with Crippen LogP contribution >= 0.6 is 0 Å². The summed E-state index contributed by atoms with van der Waals surface area (Å²) in [6, 6.07) is 5.32. The molecular formula is C10H10O2. The number of aromatic hydroxyl groups is 1. The first-order valence-corrected chi connectivity index (χ1v) is 3.90. The van der Waals surface area contributed by atoms with Crippen molar-refractivity contribution >= 4 is 0 Å². The van der Waals surface area contributed by atoms with Crippen LogP contribution < -0.4 is 4.74 Å². The molecule has 0 bridgehead atoms. The highest BCUT2D eigenvalue weighted by Gasteiger charge is 2.12. The molecule has 1 aliphatic heterocycles. The zero-order chi connectivity index (χ0) is 8.55. The van der Waals surface area contributed by atoms with Crippen molar-refractivity contribution in [1.82, 2.24) is 0 Å². The predicted octanol–water partition coefficient (Wildman–Crippen LogP) is 2.23. The van der Waals surface area contributed by atoms with Gasteiger partial charge in [0.1, 0.15) is 11.5 Å². The summed E-state index contributed by atoms with van der Waals surface area (Å²) >= 11 is 0. The van der Waals surface area contributed by atoms with Gasteiger partial charge in [-0.2, -0.15) is 0 Å². The highest BCUT2D eigenvalue weighted by molar-refractivity contribution is 5.47. The zero-order valence-corrected chi connectivity index (χ0v) is 6.87. The number of rotatable bonds is 0. The molecule has 0 amide bonds. The molecule has 0 aromatic heterocycles. The Labute approximate surface area is 71.1 Å². The van der Waals surface area contributed by atoms with Crippen molar-refractivity contribution in [2.75, 3.05) is 0 Å². The van der Waals surface area contributed by atoms with Crippen molar-refractivity contribution in [2.24, 2.45) is 0 Å². The van der Waals surface area contributed by atoms with Crippen molar-refractivity contribution in [1.29, 1.82) is 0 Å². The molecule has 0 saturated carbocycles. The van der Waals surface area contributed by atoms with Crippen molar-refractivity contribution < 1.29 is 9.84 Å². The quantitative estimate of drug-likeness (QED) is 0.633. The summed E-state index contributed by atoms with van der Waals surface area (Å²) in [5, 5.41) is 9.47. The van der Waals surface area contributed by atoms with E-state index in [1.165, 1.54) is 0 Å². The van der Waals surface area contributed by atoms with E-state index in [2.05, 4.69) is 0 Å². The number of fused-ring (bicyclic) bond motifs is 1. The number of hydrogen-bond acceptors (Lipinski definition) is 2. The van der Waals surface area contributed by atoms with Crippen LogP contribution in [0.1, 0.15) is 12.5 Å². The van der Waals surface area contributed by atoms with E-state index in [1.54, 1.807) is 18.4 Å². The lowest BCUT2D eigenvalue weighted by Crippen LogP contribution is -2.00. The highest BCUT2D eigenvalue weighted by Crippen LogP contribution is 2.32. The Bertz CT molecular complexity index is 340. The van der Waals surface area contributed by atoms with Crippen LogP contribution in [0.4, 0.5) is 0 Å². The monoisotopic (exact) mass is 162 g/mol. The number of benzene rings is 1. The molecule has 1 heterocycles. The summed E-state index contributed by atoms with van der Waals surface area (Å²) in [7, 11) is 0. The van der Waals surface area contributed by atoms with Crippen molar-refractivity contribution in [2.45, 2.75) is 13.3 Å². The smallest absolute Gasteiger partial charge is 0.133 e. The Morgan fingerprint density at radius 1 is 1.42 bits per heavy atom. The minimum Gasteiger partial charge on any atom is -0.508 e. The molecule has 0 atom stereocenters. The van der Waals surface area contributed by atoms with E-state index in [1.807, 2.05) is 13.0 Å². The number of phenolic OH excluding ortho intramolecular Hbond substituents is 1. The van der Waals surface area contributed by atoms with Crippen LogP contribution in [-0.4, -0.2) is 5.11 Å². The number of hydrogen-bond donors (Lipinski definition) is 1. The van der Waals surface area contributed by atoms with Crippen LogP contribution in [0.15, 0.2) is 30.0 Å². The number of phenols is 1. The molecule has 0 aliphatic carbocycles. The third-order valence-electron chi connectivity index (χ3n) is 1.95. The Morgan fingerprint density at radius 2 is 2.25 bits per heavy atom. The Balaban J connectivity index is 2.49. The lowest BCUT2D eigenvalue weighted by atomic mass is 10.0. The zero-order valence-electron chi connectivity index (χ0n) is 6.87. The van der Waals surface area contributed by atoms with E-state index in [4.69, 9.17) is 4.74 Å². The first-order chi connectivity index (χ1) is 5.77. The maximum absolute atomic E-state index is 9.47. The average Bonchev–Trinajstić information content (AvgIpc) is 2.07. The van der Waals surface area contributed by atoms with Crippen molar-refractivity contribution in [3.05, 3.63) is 35.6 Å². The Kier molecular flexibility index (Phi) is 1.54. The second kappa shape index (κ2) is 2.55. The molecule has 62 valence electrons. The van der Waals surface area contributed by atoms with Gasteiger partial charge in [-0.15, -0.1) is 0 Å². The fourth-order valence-corrected chi connectivity index (χ4v) is 1.33. The van der Waals surface area contributed by atoms with E-state index >= 15 is 0 Å². The van der Waals surface area contributed by atoms with Crippen LogP contribution in [0.25, 0.3) is 0 Å². The fraction of sp³-hybridized carbons (Fsp3) is 0.200. The Morgan fingerprint density at radius 3 is 3.08 bits per heavy atom. The topological polar surface area (TPSA) is 29.5 Å². The number of ether oxygens (including phenoxy) is 1. The fourth-order valence-electron chi connectivity index (χ4n) is 1.33. The van der Waals surface area contributed by atoms with E-state index in [9.17, 15) is 5.11 Å². The van der Waals surface area contributed by atoms with Crippen molar-refractivity contribution in [3.8, 4) is 11.5 Å². The van der Waals surface area contributed by atoms with Gasteiger partial charge in [-0.25, -0.2) is 0 Å². The van der Waals surface area contributed by atoms with Gasteiger partial charge in [0, 0.05) is 12.0 Å². The molecule has 1 aliphatic rings. The first kappa shape index (κ1) is 7.22. The summed E-state index contributed by atoms with van der Waals surface area (Å²) in [6.45, 7) is 1.98. The lowest BCUT2D eigenvalue weighted by molar-refractivity contribution is 0.430. The maximum Gasteiger partial charge on any atom is 0.133 e. The molecule has 0 spiro atoms. The van der Waals surface area contributed by atoms with E-state index in [-0.39, 0.29) is 0 Å². The van der Waals surface area contributed by atoms with E-state index < -0.39 is 0 Å². The van der Waals surface area contributed by atoms with E-state index in [0.717, 1.165) is 23.3 Å². The molecule has 2 heteroatoms.